The summed E-state index contributed by atoms with van der Waals surface area (Å²) in [4.78, 5) is 2.12. The summed E-state index contributed by atoms with van der Waals surface area (Å²) in [6.07, 6.45) is 3.03. The molecule has 0 unspecified atom stereocenters. The lowest BCUT2D eigenvalue weighted by molar-refractivity contribution is 0.466. The maximum Gasteiger partial charge on any atom is 0.209 e. The van der Waals surface area contributed by atoms with Crippen LogP contribution in [0.3, 0.4) is 0 Å². The summed E-state index contributed by atoms with van der Waals surface area (Å²) in [5.41, 5.74) is -0.00386. The zero-order chi connectivity index (χ0) is 15.0. The van der Waals surface area contributed by atoms with Gasteiger partial charge in [-0.2, -0.15) is 0 Å². The van der Waals surface area contributed by atoms with Crippen LogP contribution in [-0.4, -0.2) is 44.0 Å². The summed E-state index contributed by atoms with van der Waals surface area (Å²) < 4.78 is 25.3. The molecule has 20 heavy (non-hydrogen) atoms. The molecule has 1 aromatic heterocycles. The average Bonchev–Trinajstić information content (AvgIpc) is 2.75. The number of rotatable bonds is 3. The molecular formula is C12H22N4O2S2. The second-order valence-corrected chi connectivity index (χ2v) is 9.05. The van der Waals surface area contributed by atoms with Crippen molar-refractivity contribution in [3.8, 4) is 0 Å². The van der Waals surface area contributed by atoms with Crippen molar-refractivity contribution in [2.24, 2.45) is 0 Å². The van der Waals surface area contributed by atoms with Crippen molar-refractivity contribution in [1.29, 1.82) is 0 Å². The van der Waals surface area contributed by atoms with Crippen LogP contribution in [-0.2, 0) is 15.4 Å². The predicted octanol–water partition coefficient (Wildman–Crippen LogP) is 1.35. The minimum Gasteiger partial charge on any atom is -0.345 e. The number of hydrogen-bond donors (Lipinski definition) is 1. The van der Waals surface area contributed by atoms with Gasteiger partial charge in [-0.1, -0.05) is 32.1 Å². The number of piperidine rings is 1. The molecule has 1 N–H and O–H groups in total. The van der Waals surface area contributed by atoms with Gasteiger partial charge in [0.25, 0.3) is 0 Å². The van der Waals surface area contributed by atoms with Crippen LogP contribution in [0.25, 0.3) is 0 Å². The van der Waals surface area contributed by atoms with Crippen LogP contribution in [0.2, 0.25) is 0 Å². The molecule has 1 aliphatic heterocycles. The topological polar surface area (TPSA) is 75.2 Å². The van der Waals surface area contributed by atoms with Gasteiger partial charge in [-0.25, -0.2) is 13.1 Å². The third kappa shape index (κ3) is 4.13. The van der Waals surface area contributed by atoms with E-state index < -0.39 is 10.0 Å². The van der Waals surface area contributed by atoms with Crippen molar-refractivity contribution in [2.45, 2.75) is 45.1 Å². The van der Waals surface area contributed by atoms with Gasteiger partial charge in [0.15, 0.2) is 0 Å². The first-order valence-corrected chi connectivity index (χ1v) is 9.42. The highest BCUT2D eigenvalue weighted by Crippen LogP contribution is 2.31. The SMILES string of the molecule is CC(C)(C)c1nnc(N2CCC[C@@H](NS(C)(=O)=O)C2)s1. The zero-order valence-electron chi connectivity index (χ0n) is 12.4. The highest BCUT2D eigenvalue weighted by Gasteiger charge is 2.26. The highest BCUT2D eigenvalue weighted by molar-refractivity contribution is 7.88. The Hall–Kier alpha value is -0.730. The first-order valence-electron chi connectivity index (χ1n) is 6.71. The van der Waals surface area contributed by atoms with E-state index in [9.17, 15) is 8.42 Å². The fourth-order valence-corrected chi connectivity index (χ4v) is 3.93. The van der Waals surface area contributed by atoms with Crippen LogP contribution in [0, 0.1) is 0 Å². The second-order valence-electron chi connectivity index (χ2n) is 6.31. The zero-order valence-corrected chi connectivity index (χ0v) is 14.0. The van der Waals surface area contributed by atoms with Gasteiger partial charge >= 0.3 is 0 Å². The Morgan fingerprint density at radius 2 is 2.05 bits per heavy atom. The molecule has 0 aromatic carbocycles. The van der Waals surface area contributed by atoms with Crippen molar-refractivity contribution in [1.82, 2.24) is 14.9 Å². The lowest BCUT2D eigenvalue weighted by atomic mass is 9.98. The molecule has 0 bridgehead atoms. The molecule has 1 atom stereocenters. The van der Waals surface area contributed by atoms with Gasteiger partial charge in [0.1, 0.15) is 5.01 Å². The van der Waals surface area contributed by atoms with Crippen molar-refractivity contribution in [3.05, 3.63) is 5.01 Å². The van der Waals surface area contributed by atoms with E-state index >= 15 is 0 Å². The summed E-state index contributed by atoms with van der Waals surface area (Å²) in [7, 11) is -3.16. The number of hydrogen-bond acceptors (Lipinski definition) is 6. The van der Waals surface area contributed by atoms with Gasteiger partial charge in [-0.3, -0.25) is 0 Å². The lowest BCUT2D eigenvalue weighted by Crippen LogP contribution is -2.47. The molecule has 8 heteroatoms. The molecule has 0 saturated carbocycles. The minimum atomic E-state index is -3.16. The quantitative estimate of drug-likeness (QED) is 0.910. The van der Waals surface area contributed by atoms with Crippen molar-refractivity contribution in [3.63, 3.8) is 0 Å². The Labute approximate surface area is 124 Å². The predicted molar refractivity (Wildman–Crippen MR) is 81.8 cm³/mol. The highest BCUT2D eigenvalue weighted by atomic mass is 32.2. The summed E-state index contributed by atoms with van der Waals surface area (Å²) in [6, 6.07) is -0.0410. The summed E-state index contributed by atoms with van der Waals surface area (Å²) >= 11 is 1.59. The van der Waals surface area contributed by atoms with Gasteiger partial charge in [-0.05, 0) is 12.8 Å². The standard InChI is InChI=1S/C12H22N4O2S2/c1-12(2,3)10-13-14-11(19-10)16-7-5-6-9(8-16)15-20(4,17)18/h9,15H,5-8H2,1-4H3/t9-/m1/s1. The van der Waals surface area contributed by atoms with E-state index in [4.69, 9.17) is 0 Å². The van der Waals surface area contributed by atoms with Gasteiger partial charge in [0, 0.05) is 24.5 Å². The van der Waals surface area contributed by atoms with E-state index in [1.807, 2.05) is 0 Å². The number of nitrogens with one attached hydrogen (secondary N) is 1. The monoisotopic (exact) mass is 318 g/mol. The van der Waals surface area contributed by atoms with E-state index in [-0.39, 0.29) is 11.5 Å². The van der Waals surface area contributed by atoms with Crippen molar-refractivity contribution >= 4 is 26.5 Å². The van der Waals surface area contributed by atoms with E-state index in [0.717, 1.165) is 29.5 Å². The molecule has 0 amide bonds. The van der Waals surface area contributed by atoms with E-state index in [1.54, 1.807) is 11.3 Å². The summed E-state index contributed by atoms with van der Waals surface area (Å²) in [6.45, 7) is 7.90. The third-order valence-corrected chi connectivity index (χ3v) is 5.30. The molecule has 2 heterocycles. The lowest BCUT2D eigenvalue weighted by Gasteiger charge is -2.32. The van der Waals surface area contributed by atoms with E-state index in [1.165, 1.54) is 6.26 Å². The Morgan fingerprint density at radius 3 is 2.60 bits per heavy atom. The maximum absolute atomic E-state index is 11.3. The van der Waals surface area contributed by atoms with E-state index in [2.05, 4.69) is 40.6 Å². The second kappa shape index (κ2) is 5.57. The van der Waals surface area contributed by atoms with Crippen molar-refractivity contribution < 1.29 is 8.42 Å². The Morgan fingerprint density at radius 1 is 1.35 bits per heavy atom. The largest absolute Gasteiger partial charge is 0.345 e. The molecule has 0 spiro atoms. The molecule has 0 aliphatic carbocycles. The number of anilines is 1. The van der Waals surface area contributed by atoms with Gasteiger partial charge in [0.2, 0.25) is 15.2 Å². The molecule has 114 valence electrons. The third-order valence-electron chi connectivity index (χ3n) is 3.13. The van der Waals surface area contributed by atoms with Crippen molar-refractivity contribution in [2.75, 3.05) is 24.2 Å². The average molecular weight is 318 g/mol. The summed E-state index contributed by atoms with van der Waals surface area (Å²) in [5, 5.41) is 10.4. The van der Waals surface area contributed by atoms with Gasteiger partial charge < -0.3 is 4.90 Å². The molecule has 1 fully saturated rings. The van der Waals surface area contributed by atoms with Gasteiger partial charge in [-0.15, -0.1) is 10.2 Å². The Balaban J connectivity index is 2.07. The molecule has 0 radical (unpaired) electrons. The molecular weight excluding hydrogens is 296 g/mol. The maximum atomic E-state index is 11.3. The molecule has 1 aliphatic rings. The first kappa shape index (κ1) is 15.7. The van der Waals surface area contributed by atoms with Crippen LogP contribution >= 0.6 is 11.3 Å². The van der Waals surface area contributed by atoms with Crippen LogP contribution in [0.1, 0.15) is 38.6 Å². The molecule has 2 rings (SSSR count). The number of nitrogens with zero attached hydrogens (tertiary/aromatic N) is 3. The normalized spacial score (nSPS) is 21.2. The Bertz CT molecular complexity index is 562. The number of sulfonamides is 1. The summed E-state index contributed by atoms with van der Waals surface area (Å²) in [5.74, 6) is 0. The fourth-order valence-electron chi connectivity index (χ4n) is 2.20. The molecule has 1 aromatic rings. The minimum absolute atomic E-state index is 0.00386. The van der Waals surface area contributed by atoms with Gasteiger partial charge in [0.05, 0.1) is 6.26 Å². The molecule has 6 nitrogen and oxygen atoms in total. The van der Waals surface area contributed by atoms with E-state index in [0.29, 0.717) is 6.54 Å². The van der Waals surface area contributed by atoms with Crippen LogP contribution in [0.5, 0.6) is 0 Å². The number of aromatic nitrogens is 2. The smallest absolute Gasteiger partial charge is 0.209 e. The van der Waals surface area contributed by atoms with Crippen LogP contribution < -0.4 is 9.62 Å². The van der Waals surface area contributed by atoms with Crippen LogP contribution in [0.15, 0.2) is 0 Å². The van der Waals surface area contributed by atoms with Crippen LogP contribution in [0.4, 0.5) is 5.13 Å². The first-order chi connectivity index (χ1) is 9.15. The fraction of sp³-hybridized carbons (Fsp3) is 0.833. The molecule has 1 saturated heterocycles. The Kier molecular flexibility index (Phi) is 4.36.